The summed E-state index contributed by atoms with van der Waals surface area (Å²) in [6.07, 6.45) is -0.806. The molecule has 2 aromatic carbocycles. The number of nitrogen functional groups attached to an aromatic ring is 1. The van der Waals surface area contributed by atoms with Crippen LogP contribution in [0.4, 0.5) is 11.4 Å². The number of benzene rings is 2. The molecule has 0 saturated carbocycles. The second-order valence-corrected chi connectivity index (χ2v) is 7.49. The van der Waals surface area contributed by atoms with Gasteiger partial charge in [0.05, 0.1) is 5.69 Å². The van der Waals surface area contributed by atoms with E-state index in [2.05, 4.69) is 10.3 Å². The third-order valence-corrected chi connectivity index (χ3v) is 5.71. The highest BCUT2D eigenvalue weighted by atomic mass is 32.1. The molecule has 1 amide bonds. The standard InChI is InChI=1S/C22H19N3O2S/c1-13-16(19(26)14-8-4-2-5-9-14)12-17-18(23)20(28-22(17)24-13)21(27)25-15-10-6-3-7-11-15/h2-12,19,26H,23H2,1H3,(H,25,27). The molecule has 0 aliphatic heterocycles. The zero-order valence-corrected chi connectivity index (χ0v) is 16.0. The van der Waals surface area contributed by atoms with Crippen LogP contribution in [0.25, 0.3) is 10.2 Å². The summed E-state index contributed by atoms with van der Waals surface area (Å²) in [6.45, 7) is 1.85. The first-order chi connectivity index (χ1) is 13.5. The Morgan fingerprint density at radius 2 is 1.75 bits per heavy atom. The summed E-state index contributed by atoms with van der Waals surface area (Å²) in [5, 5.41) is 14.3. The fourth-order valence-corrected chi connectivity index (χ4v) is 4.13. The van der Waals surface area contributed by atoms with Gasteiger partial charge in [-0.15, -0.1) is 11.3 Å². The molecule has 0 aliphatic carbocycles. The van der Waals surface area contributed by atoms with Gasteiger partial charge in [-0.05, 0) is 30.7 Å². The Morgan fingerprint density at radius 3 is 2.43 bits per heavy atom. The molecule has 28 heavy (non-hydrogen) atoms. The molecule has 0 saturated heterocycles. The van der Waals surface area contributed by atoms with E-state index in [-0.39, 0.29) is 5.91 Å². The van der Waals surface area contributed by atoms with Crippen LogP contribution in [-0.2, 0) is 0 Å². The second-order valence-electron chi connectivity index (χ2n) is 6.49. The van der Waals surface area contributed by atoms with Crippen LogP contribution in [0.15, 0.2) is 66.7 Å². The fraction of sp³-hybridized carbons (Fsp3) is 0.0909. The van der Waals surface area contributed by atoms with Crippen LogP contribution in [0.2, 0.25) is 0 Å². The number of aliphatic hydroxyl groups is 1. The van der Waals surface area contributed by atoms with Crippen molar-refractivity contribution in [1.29, 1.82) is 0 Å². The molecule has 2 heterocycles. The summed E-state index contributed by atoms with van der Waals surface area (Å²) in [5.74, 6) is -0.269. The van der Waals surface area contributed by atoms with Crippen LogP contribution >= 0.6 is 11.3 Å². The number of hydrogen-bond acceptors (Lipinski definition) is 5. The molecular weight excluding hydrogens is 370 g/mol. The van der Waals surface area contributed by atoms with Gasteiger partial charge < -0.3 is 16.2 Å². The molecule has 0 bridgehead atoms. The summed E-state index contributed by atoms with van der Waals surface area (Å²) < 4.78 is 0. The van der Waals surface area contributed by atoms with Crippen molar-refractivity contribution in [1.82, 2.24) is 4.98 Å². The number of carbonyl (C=O) groups excluding carboxylic acids is 1. The summed E-state index contributed by atoms with van der Waals surface area (Å²) in [4.78, 5) is 18.4. The molecule has 0 fully saturated rings. The number of anilines is 2. The Labute approximate surface area is 166 Å². The van der Waals surface area contributed by atoms with Crippen LogP contribution in [0.1, 0.15) is 32.6 Å². The van der Waals surface area contributed by atoms with E-state index in [1.807, 2.05) is 73.7 Å². The van der Waals surface area contributed by atoms with Crippen LogP contribution in [-0.4, -0.2) is 16.0 Å². The average Bonchev–Trinajstić information content (AvgIpc) is 3.04. The lowest BCUT2D eigenvalue weighted by Crippen LogP contribution is -2.11. The molecule has 0 aliphatic rings. The van der Waals surface area contributed by atoms with E-state index in [1.165, 1.54) is 11.3 Å². The SMILES string of the molecule is Cc1nc2sc(C(=O)Nc3ccccc3)c(N)c2cc1C(O)c1ccccc1. The summed E-state index contributed by atoms with van der Waals surface area (Å²) in [6, 6.07) is 20.5. The van der Waals surface area contributed by atoms with Crippen molar-refractivity contribution in [2.75, 3.05) is 11.1 Å². The maximum atomic E-state index is 12.7. The minimum Gasteiger partial charge on any atom is -0.397 e. The molecule has 6 heteroatoms. The number of nitrogens with two attached hydrogens (primary N) is 1. The largest absolute Gasteiger partial charge is 0.397 e. The molecule has 1 atom stereocenters. The van der Waals surface area contributed by atoms with E-state index in [9.17, 15) is 9.90 Å². The van der Waals surface area contributed by atoms with Crippen LogP contribution in [0.3, 0.4) is 0 Å². The van der Waals surface area contributed by atoms with Gasteiger partial charge in [-0.1, -0.05) is 48.5 Å². The molecule has 2 aromatic heterocycles. The van der Waals surface area contributed by atoms with Crippen LogP contribution in [0, 0.1) is 6.92 Å². The third kappa shape index (κ3) is 3.35. The number of rotatable bonds is 4. The van der Waals surface area contributed by atoms with Gasteiger partial charge in [0, 0.05) is 22.3 Å². The molecule has 4 rings (SSSR count). The number of hydrogen-bond donors (Lipinski definition) is 3. The lowest BCUT2D eigenvalue weighted by molar-refractivity contribution is 0.103. The number of nitrogens with one attached hydrogen (secondary N) is 1. The van der Waals surface area contributed by atoms with Crippen molar-refractivity contribution in [3.8, 4) is 0 Å². The third-order valence-electron chi connectivity index (χ3n) is 4.60. The molecule has 4 aromatic rings. The number of aromatic nitrogens is 1. The maximum Gasteiger partial charge on any atom is 0.267 e. The van der Waals surface area contributed by atoms with E-state index in [0.717, 1.165) is 5.56 Å². The van der Waals surface area contributed by atoms with E-state index in [1.54, 1.807) is 0 Å². The van der Waals surface area contributed by atoms with Crippen molar-refractivity contribution < 1.29 is 9.90 Å². The number of para-hydroxylation sites is 1. The van der Waals surface area contributed by atoms with Gasteiger partial charge in [0.1, 0.15) is 15.8 Å². The Kier molecular flexibility index (Phi) is 4.81. The van der Waals surface area contributed by atoms with Gasteiger partial charge >= 0.3 is 0 Å². The van der Waals surface area contributed by atoms with Crippen molar-refractivity contribution >= 4 is 38.8 Å². The zero-order valence-electron chi connectivity index (χ0n) is 15.2. The van der Waals surface area contributed by atoms with Gasteiger partial charge in [0.2, 0.25) is 0 Å². The van der Waals surface area contributed by atoms with E-state index >= 15 is 0 Å². The zero-order chi connectivity index (χ0) is 19.7. The van der Waals surface area contributed by atoms with E-state index in [0.29, 0.717) is 37.7 Å². The minimum atomic E-state index is -0.806. The molecule has 4 N–H and O–H groups in total. The van der Waals surface area contributed by atoms with E-state index < -0.39 is 6.10 Å². The number of aliphatic hydroxyl groups excluding tert-OH is 1. The molecule has 140 valence electrons. The summed E-state index contributed by atoms with van der Waals surface area (Å²) in [5.41, 5.74) is 9.53. The highest BCUT2D eigenvalue weighted by molar-refractivity contribution is 7.21. The monoisotopic (exact) mass is 389 g/mol. The van der Waals surface area contributed by atoms with Crippen molar-refractivity contribution in [3.63, 3.8) is 0 Å². The first-order valence-electron chi connectivity index (χ1n) is 8.83. The van der Waals surface area contributed by atoms with Gasteiger partial charge in [-0.2, -0.15) is 0 Å². The lowest BCUT2D eigenvalue weighted by Gasteiger charge is -2.14. The topological polar surface area (TPSA) is 88.2 Å². The Balaban J connectivity index is 1.72. The predicted octanol–water partition coefficient (Wildman–Crippen LogP) is 4.52. The summed E-state index contributed by atoms with van der Waals surface area (Å²) >= 11 is 1.25. The van der Waals surface area contributed by atoms with Gasteiger partial charge in [-0.25, -0.2) is 4.98 Å². The first-order valence-corrected chi connectivity index (χ1v) is 9.65. The number of amides is 1. The van der Waals surface area contributed by atoms with Gasteiger partial charge in [-0.3, -0.25) is 4.79 Å². The lowest BCUT2D eigenvalue weighted by atomic mass is 9.99. The number of nitrogens with zero attached hydrogens (tertiary/aromatic N) is 1. The average molecular weight is 389 g/mol. The Bertz CT molecular complexity index is 1140. The van der Waals surface area contributed by atoms with Crippen molar-refractivity contribution in [2.24, 2.45) is 0 Å². The number of pyridine rings is 1. The molecular formula is C22H19N3O2S. The van der Waals surface area contributed by atoms with Crippen LogP contribution < -0.4 is 11.1 Å². The second kappa shape index (κ2) is 7.42. The van der Waals surface area contributed by atoms with Gasteiger partial charge in [0.15, 0.2) is 0 Å². The molecule has 1 unspecified atom stereocenters. The molecule has 5 nitrogen and oxygen atoms in total. The van der Waals surface area contributed by atoms with Crippen molar-refractivity contribution in [2.45, 2.75) is 13.0 Å². The molecule has 0 spiro atoms. The normalized spacial score (nSPS) is 12.1. The van der Waals surface area contributed by atoms with E-state index in [4.69, 9.17) is 5.73 Å². The summed E-state index contributed by atoms with van der Waals surface area (Å²) in [7, 11) is 0. The fourth-order valence-electron chi connectivity index (χ4n) is 3.11. The Morgan fingerprint density at radius 1 is 1.11 bits per heavy atom. The van der Waals surface area contributed by atoms with Crippen molar-refractivity contribution in [3.05, 3.63) is 88.4 Å². The smallest absolute Gasteiger partial charge is 0.267 e. The van der Waals surface area contributed by atoms with Crippen LogP contribution in [0.5, 0.6) is 0 Å². The Hall–Kier alpha value is -3.22. The quantitative estimate of drug-likeness (QED) is 0.479. The highest BCUT2D eigenvalue weighted by Gasteiger charge is 2.21. The number of carbonyl (C=O) groups is 1. The first kappa shape index (κ1) is 18.2. The number of thiophene rings is 1. The predicted molar refractivity (Wildman–Crippen MR) is 114 cm³/mol. The highest BCUT2D eigenvalue weighted by Crippen LogP contribution is 2.36. The minimum absolute atomic E-state index is 0.269. The molecule has 0 radical (unpaired) electrons. The number of aryl methyl sites for hydroxylation is 1. The number of fused-ring (bicyclic) bond motifs is 1. The maximum absolute atomic E-state index is 12.7. The van der Waals surface area contributed by atoms with Gasteiger partial charge in [0.25, 0.3) is 5.91 Å².